The minimum atomic E-state index is -0.478. The molecule has 0 bridgehead atoms. The summed E-state index contributed by atoms with van der Waals surface area (Å²) in [6.07, 6.45) is 0.676. The Labute approximate surface area is 114 Å². The first-order valence-electron chi connectivity index (χ1n) is 6.05. The Kier molecular flexibility index (Phi) is 4.26. The first-order valence-corrected chi connectivity index (χ1v) is 6.05. The molecular formula is C12H14N4O4. The Morgan fingerprint density at radius 1 is 1.50 bits per heavy atom. The second-order valence-electron chi connectivity index (χ2n) is 4.00. The number of nitrogens with zero attached hydrogens (tertiary/aromatic N) is 3. The topological polar surface area (TPSA) is 117 Å². The van der Waals surface area contributed by atoms with Gasteiger partial charge in [-0.15, -0.1) is 0 Å². The zero-order valence-electron chi connectivity index (χ0n) is 10.9. The molecule has 20 heavy (non-hydrogen) atoms. The fourth-order valence-corrected chi connectivity index (χ4v) is 1.61. The number of ether oxygens (including phenoxy) is 1. The second kappa shape index (κ2) is 6.11. The van der Waals surface area contributed by atoms with Crippen LogP contribution in [0.15, 0.2) is 22.7 Å². The van der Waals surface area contributed by atoms with Crippen LogP contribution in [0.3, 0.4) is 0 Å². The molecule has 0 saturated carbocycles. The minimum absolute atomic E-state index is 0.0242. The van der Waals surface area contributed by atoms with Gasteiger partial charge in [0.15, 0.2) is 12.4 Å². The highest BCUT2D eigenvalue weighted by atomic mass is 16.6. The molecule has 2 rings (SSSR count). The monoisotopic (exact) mass is 278 g/mol. The van der Waals surface area contributed by atoms with Crippen molar-refractivity contribution in [3.8, 4) is 5.75 Å². The number of nitro groups is 1. The second-order valence-corrected chi connectivity index (χ2v) is 4.00. The van der Waals surface area contributed by atoms with E-state index in [-0.39, 0.29) is 18.8 Å². The molecule has 0 aliphatic carbocycles. The molecule has 1 heterocycles. The highest BCUT2D eigenvalue weighted by Gasteiger charge is 2.12. The van der Waals surface area contributed by atoms with Crippen LogP contribution in [0.25, 0.3) is 0 Å². The van der Waals surface area contributed by atoms with Crippen molar-refractivity contribution in [1.82, 2.24) is 10.1 Å². The molecule has 0 saturated heterocycles. The maximum atomic E-state index is 10.7. The number of nitrogens with two attached hydrogens (primary N) is 1. The van der Waals surface area contributed by atoms with E-state index in [9.17, 15) is 10.1 Å². The summed E-state index contributed by atoms with van der Waals surface area (Å²) in [6, 6.07) is 4.26. The van der Waals surface area contributed by atoms with Crippen LogP contribution in [-0.4, -0.2) is 15.1 Å². The molecular weight excluding hydrogens is 264 g/mol. The number of non-ortho nitro benzene ring substituents is 1. The summed E-state index contributed by atoms with van der Waals surface area (Å²) in [4.78, 5) is 14.3. The molecule has 0 fully saturated rings. The summed E-state index contributed by atoms with van der Waals surface area (Å²) in [5, 5.41) is 14.4. The average Bonchev–Trinajstić information content (AvgIpc) is 2.92. The lowest BCUT2D eigenvalue weighted by Crippen LogP contribution is -2.04. The number of rotatable bonds is 6. The third-order valence-corrected chi connectivity index (χ3v) is 2.65. The van der Waals surface area contributed by atoms with E-state index < -0.39 is 4.92 Å². The molecule has 0 atom stereocenters. The van der Waals surface area contributed by atoms with Crippen molar-refractivity contribution in [3.05, 3.63) is 45.6 Å². The summed E-state index contributed by atoms with van der Waals surface area (Å²) in [6.45, 7) is 2.15. The van der Waals surface area contributed by atoms with E-state index in [4.69, 9.17) is 15.0 Å². The normalized spacial score (nSPS) is 10.5. The van der Waals surface area contributed by atoms with Crippen LogP contribution in [0.5, 0.6) is 5.75 Å². The lowest BCUT2D eigenvalue weighted by molar-refractivity contribution is -0.384. The number of hydrogen-bond acceptors (Lipinski definition) is 7. The van der Waals surface area contributed by atoms with Crippen LogP contribution in [0.1, 0.15) is 24.2 Å². The van der Waals surface area contributed by atoms with Crippen molar-refractivity contribution in [2.75, 3.05) is 0 Å². The van der Waals surface area contributed by atoms with E-state index in [1.807, 2.05) is 6.92 Å². The molecule has 106 valence electrons. The highest BCUT2D eigenvalue weighted by molar-refractivity contribution is 5.43. The SMILES string of the molecule is CCc1noc(COc2ccc([N+](=O)[O-])cc2CN)n1. The fourth-order valence-electron chi connectivity index (χ4n) is 1.61. The summed E-state index contributed by atoms with van der Waals surface area (Å²) < 4.78 is 10.5. The van der Waals surface area contributed by atoms with Gasteiger partial charge >= 0.3 is 0 Å². The first kappa shape index (κ1) is 13.9. The van der Waals surface area contributed by atoms with Gasteiger partial charge in [-0.05, 0) is 6.07 Å². The number of hydrogen-bond donors (Lipinski definition) is 1. The van der Waals surface area contributed by atoms with E-state index >= 15 is 0 Å². The molecule has 0 aliphatic rings. The van der Waals surface area contributed by atoms with Crippen LogP contribution in [0.2, 0.25) is 0 Å². The van der Waals surface area contributed by atoms with Gasteiger partial charge in [-0.2, -0.15) is 4.98 Å². The van der Waals surface area contributed by atoms with Gasteiger partial charge in [-0.25, -0.2) is 0 Å². The molecule has 8 heteroatoms. The van der Waals surface area contributed by atoms with E-state index in [2.05, 4.69) is 10.1 Å². The van der Waals surface area contributed by atoms with E-state index in [1.165, 1.54) is 18.2 Å². The average molecular weight is 278 g/mol. The lowest BCUT2D eigenvalue weighted by atomic mass is 10.2. The van der Waals surface area contributed by atoms with Gasteiger partial charge in [0.2, 0.25) is 0 Å². The van der Waals surface area contributed by atoms with Gasteiger partial charge in [-0.3, -0.25) is 10.1 Å². The fraction of sp³-hybridized carbons (Fsp3) is 0.333. The summed E-state index contributed by atoms with van der Waals surface area (Å²) in [5.41, 5.74) is 6.09. The lowest BCUT2D eigenvalue weighted by Gasteiger charge is -2.08. The standard InChI is InChI=1S/C12H14N4O4/c1-2-11-14-12(20-15-11)7-19-10-4-3-9(16(17)18)5-8(10)6-13/h3-5H,2,6-7,13H2,1H3. The predicted octanol–water partition coefficient (Wildman–Crippen LogP) is 1.58. The molecule has 0 amide bonds. The van der Waals surface area contributed by atoms with Crippen molar-refractivity contribution >= 4 is 5.69 Å². The van der Waals surface area contributed by atoms with Gasteiger partial charge in [-0.1, -0.05) is 12.1 Å². The van der Waals surface area contributed by atoms with Crippen molar-refractivity contribution < 1.29 is 14.2 Å². The Morgan fingerprint density at radius 2 is 2.30 bits per heavy atom. The van der Waals surface area contributed by atoms with E-state index in [0.717, 1.165) is 0 Å². The number of benzene rings is 1. The van der Waals surface area contributed by atoms with Gasteiger partial charge in [0.05, 0.1) is 4.92 Å². The molecule has 2 aromatic rings. The van der Waals surface area contributed by atoms with Crippen LogP contribution in [0, 0.1) is 10.1 Å². The van der Waals surface area contributed by atoms with Crippen molar-refractivity contribution in [3.63, 3.8) is 0 Å². The third kappa shape index (κ3) is 3.09. The molecule has 0 radical (unpaired) electrons. The minimum Gasteiger partial charge on any atom is -0.483 e. The molecule has 0 aliphatic heterocycles. The Hall–Kier alpha value is -2.48. The highest BCUT2D eigenvalue weighted by Crippen LogP contribution is 2.24. The largest absolute Gasteiger partial charge is 0.483 e. The predicted molar refractivity (Wildman–Crippen MR) is 69.0 cm³/mol. The first-order chi connectivity index (χ1) is 9.63. The zero-order valence-corrected chi connectivity index (χ0v) is 10.9. The molecule has 8 nitrogen and oxygen atoms in total. The van der Waals surface area contributed by atoms with Crippen LogP contribution >= 0.6 is 0 Å². The van der Waals surface area contributed by atoms with Crippen LogP contribution < -0.4 is 10.5 Å². The molecule has 1 aromatic heterocycles. The van der Waals surface area contributed by atoms with Crippen molar-refractivity contribution in [2.24, 2.45) is 5.73 Å². The van der Waals surface area contributed by atoms with Gasteiger partial charge in [0, 0.05) is 30.7 Å². The van der Waals surface area contributed by atoms with Crippen molar-refractivity contribution in [1.29, 1.82) is 0 Å². The third-order valence-electron chi connectivity index (χ3n) is 2.65. The summed E-state index contributed by atoms with van der Waals surface area (Å²) >= 11 is 0. The van der Waals surface area contributed by atoms with Gasteiger partial charge in [0.25, 0.3) is 11.6 Å². The number of nitro benzene ring substituents is 1. The zero-order chi connectivity index (χ0) is 14.5. The smallest absolute Gasteiger partial charge is 0.270 e. The summed E-state index contributed by atoms with van der Waals surface area (Å²) in [7, 11) is 0. The van der Waals surface area contributed by atoms with Crippen LogP contribution in [-0.2, 0) is 19.6 Å². The number of aromatic nitrogens is 2. The maximum Gasteiger partial charge on any atom is 0.270 e. The Balaban J connectivity index is 2.10. The Morgan fingerprint density at radius 3 is 2.90 bits per heavy atom. The maximum absolute atomic E-state index is 10.7. The molecule has 1 aromatic carbocycles. The summed E-state index contributed by atoms with van der Waals surface area (Å²) in [5.74, 6) is 1.42. The van der Waals surface area contributed by atoms with Crippen LogP contribution in [0.4, 0.5) is 5.69 Å². The van der Waals surface area contributed by atoms with Crippen molar-refractivity contribution in [2.45, 2.75) is 26.5 Å². The van der Waals surface area contributed by atoms with Gasteiger partial charge < -0.3 is 15.0 Å². The molecule has 0 spiro atoms. The molecule has 2 N–H and O–H groups in total. The van der Waals surface area contributed by atoms with E-state index in [1.54, 1.807) is 0 Å². The molecule has 0 unspecified atom stereocenters. The quantitative estimate of drug-likeness (QED) is 0.629. The Bertz CT molecular complexity index is 611. The number of aryl methyl sites for hydroxylation is 1. The van der Waals surface area contributed by atoms with E-state index in [0.29, 0.717) is 29.4 Å². The van der Waals surface area contributed by atoms with Gasteiger partial charge in [0.1, 0.15) is 5.75 Å².